The van der Waals surface area contributed by atoms with Gasteiger partial charge in [0.05, 0.1) is 0 Å². The van der Waals surface area contributed by atoms with E-state index in [0.29, 0.717) is 16.5 Å². The molecule has 0 aliphatic rings. The smallest absolute Gasteiger partial charge is 0.151 e. The number of phenols is 1. The molecule has 1 N–H and O–H groups in total. The predicted molar refractivity (Wildman–Crippen MR) is 77.3 cm³/mol. The van der Waals surface area contributed by atoms with Crippen LogP contribution in [-0.4, -0.2) is 11.4 Å². The van der Waals surface area contributed by atoms with Gasteiger partial charge in [-0.3, -0.25) is 4.79 Å². The third-order valence-corrected chi connectivity index (χ3v) is 2.73. The van der Waals surface area contributed by atoms with Crippen molar-refractivity contribution in [2.75, 3.05) is 0 Å². The van der Waals surface area contributed by atoms with E-state index in [0.717, 1.165) is 11.7 Å². The van der Waals surface area contributed by atoms with Crippen LogP contribution < -0.4 is 0 Å². The lowest BCUT2D eigenvalue weighted by molar-refractivity contribution is 0.112. The third kappa shape index (κ3) is 2.95. The molecule has 0 saturated heterocycles. The first kappa shape index (κ1) is 13.2. The summed E-state index contributed by atoms with van der Waals surface area (Å²) in [5, 5.41) is 11.4. The van der Waals surface area contributed by atoms with Gasteiger partial charge in [-0.05, 0) is 44.4 Å². The summed E-state index contributed by atoms with van der Waals surface area (Å²) in [5.74, 6) is 6.34. The second kappa shape index (κ2) is 4.78. The Balaban J connectivity index is 2.68. The summed E-state index contributed by atoms with van der Waals surface area (Å²) in [7, 11) is 0. The van der Waals surface area contributed by atoms with Crippen LogP contribution in [0.15, 0.2) is 30.3 Å². The van der Waals surface area contributed by atoms with E-state index in [-0.39, 0.29) is 11.2 Å². The maximum absolute atomic E-state index is 11.2. The SMILES string of the molecule is CC(C)(C)C#Cc1cc2c(O)cccc2cc1C=O. The van der Waals surface area contributed by atoms with Crippen molar-refractivity contribution in [3.8, 4) is 17.6 Å². The largest absolute Gasteiger partial charge is 0.507 e. The molecular formula is C17H16O2. The van der Waals surface area contributed by atoms with Gasteiger partial charge in [0.15, 0.2) is 6.29 Å². The van der Waals surface area contributed by atoms with Crippen LogP contribution in [0.5, 0.6) is 5.75 Å². The molecule has 0 aromatic heterocycles. The first-order valence-corrected chi connectivity index (χ1v) is 6.15. The Hall–Kier alpha value is -2.27. The van der Waals surface area contributed by atoms with E-state index in [1.807, 2.05) is 26.8 Å². The summed E-state index contributed by atoms with van der Waals surface area (Å²) < 4.78 is 0. The van der Waals surface area contributed by atoms with Crippen LogP contribution in [-0.2, 0) is 0 Å². The summed E-state index contributed by atoms with van der Waals surface area (Å²) >= 11 is 0. The van der Waals surface area contributed by atoms with Crippen molar-refractivity contribution >= 4 is 17.1 Å². The molecule has 0 fully saturated rings. The van der Waals surface area contributed by atoms with Gasteiger partial charge in [-0.1, -0.05) is 24.0 Å². The summed E-state index contributed by atoms with van der Waals surface area (Å²) in [5.41, 5.74) is 1.07. The van der Waals surface area contributed by atoms with E-state index >= 15 is 0 Å². The van der Waals surface area contributed by atoms with Crippen LogP contribution >= 0.6 is 0 Å². The molecule has 0 heterocycles. The average Bonchev–Trinajstić information content (AvgIpc) is 2.35. The highest BCUT2D eigenvalue weighted by Crippen LogP contribution is 2.27. The summed E-state index contributed by atoms with van der Waals surface area (Å²) in [6.07, 6.45) is 0.802. The van der Waals surface area contributed by atoms with Crippen LogP contribution in [0.3, 0.4) is 0 Å². The second-order valence-electron chi connectivity index (χ2n) is 5.56. The zero-order valence-electron chi connectivity index (χ0n) is 11.3. The summed E-state index contributed by atoms with van der Waals surface area (Å²) in [4.78, 5) is 11.2. The van der Waals surface area contributed by atoms with Gasteiger partial charge >= 0.3 is 0 Å². The number of aromatic hydroxyl groups is 1. The molecule has 2 nitrogen and oxygen atoms in total. The highest BCUT2D eigenvalue weighted by atomic mass is 16.3. The first-order chi connectivity index (χ1) is 8.90. The van der Waals surface area contributed by atoms with Gasteiger partial charge < -0.3 is 5.11 Å². The molecule has 96 valence electrons. The maximum atomic E-state index is 11.2. The Kier molecular flexibility index (Phi) is 3.31. The number of hydrogen-bond donors (Lipinski definition) is 1. The number of benzene rings is 2. The Bertz CT molecular complexity index is 695. The highest BCUT2D eigenvalue weighted by Gasteiger charge is 2.07. The second-order valence-corrected chi connectivity index (χ2v) is 5.56. The molecule has 0 amide bonds. The molecule has 0 radical (unpaired) electrons. The lowest BCUT2D eigenvalue weighted by Crippen LogP contribution is -2.00. The monoisotopic (exact) mass is 252 g/mol. The Morgan fingerprint density at radius 1 is 1.21 bits per heavy atom. The van der Waals surface area contributed by atoms with E-state index in [4.69, 9.17) is 0 Å². The van der Waals surface area contributed by atoms with Gasteiger partial charge in [0.1, 0.15) is 5.75 Å². The molecule has 2 aromatic rings. The molecule has 0 bridgehead atoms. The molecule has 0 atom stereocenters. The van der Waals surface area contributed by atoms with Crippen LogP contribution in [0.1, 0.15) is 36.7 Å². The van der Waals surface area contributed by atoms with Crippen LogP contribution in [0.25, 0.3) is 10.8 Å². The van der Waals surface area contributed by atoms with Gasteiger partial charge in [-0.25, -0.2) is 0 Å². The lowest BCUT2D eigenvalue weighted by atomic mass is 9.96. The minimum atomic E-state index is -0.131. The van der Waals surface area contributed by atoms with Crippen molar-refractivity contribution in [1.82, 2.24) is 0 Å². The molecule has 0 saturated carbocycles. The number of hydrogen-bond acceptors (Lipinski definition) is 2. The molecule has 19 heavy (non-hydrogen) atoms. The molecular weight excluding hydrogens is 236 g/mol. The van der Waals surface area contributed by atoms with Crippen molar-refractivity contribution in [3.05, 3.63) is 41.5 Å². The standard InChI is InChI=1S/C17H16O2/c1-17(2,3)8-7-12-10-15-13(9-14(12)11-18)5-4-6-16(15)19/h4-6,9-11,19H,1-3H3. The number of carbonyl (C=O) groups excluding carboxylic acids is 1. The fourth-order valence-electron chi connectivity index (χ4n) is 1.79. The molecule has 2 rings (SSSR count). The quantitative estimate of drug-likeness (QED) is 0.620. The fraction of sp³-hybridized carbons (Fsp3) is 0.235. The van der Waals surface area contributed by atoms with Gasteiger partial charge in [-0.2, -0.15) is 0 Å². The third-order valence-electron chi connectivity index (χ3n) is 2.73. The molecule has 0 spiro atoms. The van der Waals surface area contributed by atoms with Crippen molar-refractivity contribution in [1.29, 1.82) is 0 Å². The minimum absolute atomic E-state index is 0.131. The van der Waals surface area contributed by atoms with E-state index in [9.17, 15) is 9.90 Å². The number of aldehydes is 1. The van der Waals surface area contributed by atoms with Gasteiger partial charge in [0.25, 0.3) is 0 Å². The molecule has 0 aliphatic heterocycles. The van der Waals surface area contributed by atoms with E-state index in [2.05, 4.69) is 11.8 Å². The van der Waals surface area contributed by atoms with Gasteiger partial charge in [-0.15, -0.1) is 0 Å². The van der Waals surface area contributed by atoms with Gasteiger partial charge in [0, 0.05) is 21.9 Å². The Morgan fingerprint density at radius 3 is 2.58 bits per heavy atom. The first-order valence-electron chi connectivity index (χ1n) is 6.15. The zero-order valence-corrected chi connectivity index (χ0v) is 11.3. The van der Waals surface area contributed by atoms with E-state index < -0.39 is 0 Å². The van der Waals surface area contributed by atoms with Crippen molar-refractivity contribution in [3.63, 3.8) is 0 Å². The number of phenolic OH excluding ortho intramolecular Hbond substituents is 1. The number of carbonyl (C=O) groups is 1. The lowest BCUT2D eigenvalue weighted by Gasteiger charge is -2.08. The van der Waals surface area contributed by atoms with E-state index in [1.54, 1.807) is 24.3 Å². The minimum Gasteiger partial charge on any atom is -0.507 e. The van der Waals surface area contributed by atoms with Crippen molar-refractivity contribution in [2.45, 2.75) is 20.8 Å². The predicted octanol–water partition coefficient (Wildman–Crippen LogP) is 3.76. The zero-order chi connectivity index (χ0) is 14.0. The molecule has 2 aromatic carbocycles. The topological polar surface area (TPSA) is 37.3 Å². The van der Waals surface area contributed by atoms with Crippen LogP contribution in [0.2, 0.25) is 0 Å². The maximum Gasteiger partial charge on any atom is 0.151 e. The molecule has 0 unspecified atom stereocenters. The number of rotatable bonds is 1. The summed E-state index contributed by atoms with van der Waals surface area (Å²) in [6.45, 7) is 6.04. The normalized spacial score (nSPS) is 10.9. The van der Waals surface area contributed by atoms with Crippen molar-refractivity contribution in [2.24, 2.45) is 5.41 Å². The molecule has 0 aliphatic carbocycles. The average molecular weight is 252 g/mol. The summed E-state index contributed by atoms with van der Waals surface area (Å²) in [6, 6.07) is 8.78. The Labute approximate surface area is 113 Å². The number of fused-ring (bicyclic) bond motifs is 1. The van der Waals surface area contributed by atoms with Crippen LogP contribution in [0.4, 0.5) is 0 Å². The van der Waals surface area contributed by atoms with Crippen molar-refractivity contribution < 1.29 is 9.90 Å². The molecule has 2 heteroatoms. The highest BCUT2D eigenvalue weighted by molar-refractivity contribution is 5.95. The van der Waals surface area contributed by atoms with E-state index in [1.165, 1.54) is 0 Å². The Morgan fingerprint density at radius 2 is 1.95 bits per heavy atom. The van der Waals surface area contributed by atoms with Crippen LogP contribution in [0, 0.1) is 17.3 Å². The van der Waals surface area contributed by atoms with Gasteiger partial charge in [0.2, 0.25) is 0 Å². The fourth-order valence-corrected chi connectivity index (χ4v) is 1.79.